The molecule has 0 bridgehead atoms. The molecule has 0 aliphatic heterocycles. The molecular formula is C31H27NO4. The van der Waals surface area contributed by atoms with Crippen molar-refractivity contribution in [3.8, 4) is 17.1 Å². The molecule has 2 N–H and O–H groups in total. The molecule has 0 amide bonds. The highest BCUT2D eigenvalue weighted by molar-refractivity contribution is 5.86. The van der Waals surface area contributed by atoms with Crippen molar-refractivity contribution in [1.29, 1.82) is 0 Å². The topological polar surface area (TPSA) is 71.7 Å². The fourth-order valence-corrected chi connectivity index (χ4v) is 4.28. The van der Waals surface area contributed by atoms with Gasteiger partial charge in [0, 0.05) is 17.5 Å². The van der Waals surface area contributed by atoms with Crippen LogP contribution in [0.4, 0.5) is 5.69 Å². The number of carboxylic acids is 1. The summed E-state index contributed by atoms with van der Waals surface area (Å²) in [6.45, 7) is 0.331. The number of anilines is 1. The minimum atomic E-state index is -0.824. The average Bonchev–Trinajstić information content (AvgIpc) is 3.34. The van der Waals surface area contributed by atoms with E-state index in [4.69, 9.17) is 14.3 Å². The Hall–Kier alpha value is -4.51. The first-order valence-electron chi connectivity index (χ1n) is 12.0. The second kappa shape index (κ2) is 10.8. The molecule has 0 fully saturated rings. The Morgan fingerprint density at radius 1 is 0.833 bits per heavy atom. The summed E-state index contributed by atoms with van der Waals surface area (Å²) >= 11 is 0. The summed E-state index contributed by atoms with van der Waals surface area (Å²) in [6, 6.07) is 36.6. The fourth-order valence-electron chi connectivity index (χ4n) is 4.28. The summed E-state index contributed by atoms with van der Waals surface area (Å²) in [7, 11) is 0. The third-order valence-electron chi connectivity index (χ3n) is 6.04. The van der Waals surface area contributed by atoms with Crippen LogP contribution in [0.1, 0.15) is 30.0 Å². The molecule has 5 heteroatoms. The maximum Gasteiger partial charge on any atom is 0.303 e. The molecule has 1 heterocycles. The monoisotopic (exact) mass is 477 g/mol. The van der Waals surface area contributed by atoms with Crippen LogP contribution in [0.2, 0.25) is 0 Å². The van der Waals surface area contributed by atoms with Gasteiger partial charge in [0.15, 0.2) is 0 Å². The van der Waals surface area contributed by atoms with Crippen molar-refractivity contribution in [1.82, 2.24) is 0 Å². The molecule has 0 aliphatic rings. The molecule has 1 aromatic heterocycles. The van der Waals surface area contributed by atoms with E-state index < -0.39 is 5.97 Å². The molecular weight excluding hydrogens is 450 g/mol. The molecule has 0 unspecified atom stereocenters. The highest BCUT2D eigenvalue weighted by Gasteiger charge is 2.16. The molecule has 0 aliphatic carbocycles. The average molecular weight is 478 g/mol. The van der Waals surface area contributed by atoms with Crippen molar-refractivity contribution in [3.05, 3.63) is 120 Å². The number of aliphatic carboxylic acids is 1. The van der Waals surface area contributed by atoms with Gasteiger partial charge in [0.1, 0.15) is 17.1 Å². The summed E-state index contributed by atoms with van der Waals surface area (Å²) in [5.41, 5.74) is 4.99. The van der Waals surface area contributed by atoms with Gasteiger partial charge in [-0.1, -0.05) is 72.8 Å². The van der Waals surface area contributed by atoms with Gasteiger partial charge in [-0.2, -0.15) is 0 Å². The van der Waals surface area contributed by atoms with Crippen molar-refractivity contribution in [3.63, 3.8) is 0 Å². The SMILES string of the molecule is O=C(O)CCCOc1ccccc1-c1cc2cc(NC(c3ccccc3)c3ccccc3)ccc2o1. The smallest absolute Gasteiger partial charge is 0.303 e. The molecule has 180 valence electrons. The van der Waals surface area contributed by atoms with Crippen molar-refractivity contribution in [2.75, 3.05) is 11.9 Å². The second-order valence-corrected chi connectivity index (χ2v) is 8.60. The van der Waals surface area contributed by atoms with Gasteiger partial charge in [0.05, 0.1) is 18.2 Å². The van der Waals surface area contributed by atoms with Crippen molar-refractivity contribution >= 4 is 22.6 Å². The third-order valence-corrected chi connectivity index (χ3v) is 6.04. The highest BCUT2D eigenvalue weighted by Crippen LogP contribution is 2.36. The van der Waals surface area contributed by atoms with Crippen LogP contribution in [0.25, 0.3) is 22.3 Å². The maximum absolute atomic E-state index is 10.8. The third kappa shape index (κ3) is 5.41. The predicted molar refractivity (Wildman–Crippen MR) is 142 cm³/mol. The Bertz CT molecular complexity index is 1400. The first-order chi connectivity index (χ1) is 17.7. The molecule has 0 saturated carbocycles. The van der Waals surface area contributed by atoms with Gasteiger partial charge in [-0.05, 0) is 53.9 Å². The molecule has 0 spiro atoms. The summed E-state index contributed by atoms with van der Waals surface area (Å²) in [5, 5.41) is 13.5. The number of para-hydroxylation sites is 1. The van der Waals surface area contributed by atoms with E-state index in [0.29, 0.717) is 24.5 Å². The fraction of sp³-hybridized carbons (Fsp3) is 0.129. The number of carboxylic acid groups (broad SMARTS) is 1. The Balaban J connectivity index is 1.41. The van der Waals surface area contributed by atoms with Crippen molar-refractivity contribution in [2.24, 2.45) is 0 Å². The normalized spacial score (nSPS) is 11.0. The van der Waals surface area contributed by atoms with Crippen LogP contribution in [0.15, 0.2) is 114 Å². The van der Waals surface area contributed by atoms with Crippen LogP contribution in [0.3, 0.4) is 0 Å². The molecule has 5 nitrogen and oxygen atoms in total. The summed E-state index contributed by atoms with van der Waals surface area (Å²) in [4.78, 5) is 10.8. The summed E-state index contributed by atoms with van der Waals surface area (Å²) in [6.07, 6.45) is 0.526. The Morgan fingerprint density at radius 3 is 2.19 bits per heavy atom. The Labute approximate surface area is 210 Å². The zero-order valence-electron chi connectivity index (χ0n) is 19.8. The second-order valence-electron chi connectivity index (χ2n) is 8.60. The van der Waals surface area contributed by atoms with Crippen LogP contribution in [0, 0.1) is 0 Å². The van der Waals surface area contributed by atoms with Crippen LogP contribution in [0.5, 0.6) is 5.75 Å². The van der Waals surface area contributed by atoms with Gasteiger partial charge in [0.2, 0.25) is 0 Å². The first kappa shape index (κ1) is 23.2. The Kier molecular flexibility index (Phi) is 6.99. The molecule has 36 heavy (non-hydrogen) atoms. The molecule has 0 saturated heterocycles. The zero-order chi connectivity index (χ0) is 24.7. The van der Waals surface area contributed by atoms with Gasteiger partial charge < -0.3 is 19.6 Å². The van der Waals surface area contributed by atoms with Crippen LogP contribution in [-0.2, 0) is 4.79 Å². The molecule has 0 radical (unpaired) electrons. The number of hydrogen-bond donors (Lipinski definition) is 2. The summed E-state index contributed by atoms with van der Waals surface area (Å²) in [5.74, 6) is 0.558. The number of carbonyl (C=O) groups is 1. The number of fused-ring (bicyclic) bond motifs is 1. The van der Waals surface area contributed by atoms with E-state index in [1.54, 1.807) is 0 Å². The van der Waals surface area contributed by atoms with Crippen molar-refractivity contribution < 1.29 is 19.1 Å². The molecule has 0 atom stereocenters. The summed E-state index contributed by atoms with van der Waals surface area (Å²) < 4.78 is 12.0. The van der Waals surface area contributed by atoms with Crippen LogP contribution in [-0.4, -0.2) is 17.7 Å². The standard InChI is InChI=1S/C31H27NO4/c33-30(34)16-9-19-35-28-15-8-7-14-26(28)29-21-24-20-25(17-18-27(24)36-29)32-31(22-10-3-1-4-11-22)23-12-5-2-6-13-23/h1-8,10-15,17-18,20-21,31-32H,9,16,19H2,(H,33,34). The maximum atomic E-state index is 10.8. The van der Waals surface area contributed by atoms with Gasteiger partial charge in [-0.3, -0.25) is 4.79 Å². The van der Waals surface area contributed by atoms with E-state index in [1.807, 2.05) is 54.6 Å². The molecule has 5 rings (SSSR count). The quantitative estimate of drug-likeness (QED) is 0.203. The number of benzene rings is 4. The number of rotatable bonds is 10. The Morgan fingerprint density at radius 2 is 1.50 bits per heavy atom. The lowest BCUT2D eigenvalue weighted by atomic mass is 9.98. The van der Waals surface area contributed by atoms with Gasteiger partial charge in [-0.25, -0.2) is 0 Å². The number of ether oxygens (including phenoxy) is 1. The minimum Gasteiger partial charge on any atom is -0.493 e. The van der Waals surface area contributed by atoms with Gasteiger partial charge >= 0.3 is 5.97 Å². The molecule has 4 aromatic carbocycles. The lowest BCUT2D eigenvalue weighted by Gasteiger charge is -2.21. The number of furan rings is 1. The molecule has 5 aromatic rings. The van der Waals surface area contributed by atoms with E-state index in [1.165, 1.54) is 11.1 Å². The van der Waals surface area contributed by atoms with E-state index in [-0.39, 0.29) is 12.5 Å². The minimum absolute atomic E-state index is 0.0103. The number of hydrogen-bond acceptors (Lipinski definition) is 4. The zero-order valence-corrected chi connectivity index (χ0v) is 19.8. The van der Waals surface area contributed by atoms with E-state index >= 15 is 0 Å². The highest BCUT2D eigenvalue weighted by atomic mass is 16.5. The van der Waals surface area contributed by atoms with Crippen LogP contribution >= 0.6 is 0 Å². The van der Waals surface area contributed by atoms with E-state index in [2.05, 4.69) is 59.9 Å². The largest absolute Gasteiger partial charge is 0.493 e. The van der Waals surface area contributed by atoms with Gasteiger partial charge in [0.25, 0.3) is 0 Å². The lowest BCUT2D eigenvalue weighted by Crippen LogP contribution is -2.12. The van der Waals surface area contributed by atoms with Crippen LogP contribution < -0.4 is 10.1 Å². The number of nitrogens with one attached hydrogen (secondary N) is 1. The lowest BCUT2D eigenvalue weighted by molar-refractivity contribution is -0.137. The first-order valence-corrected chi connectivity index (χ1v) is 12.0. The van der Waals surface area contributed by atoms with Gasteiger partial charge in [-0.15, -0.1) is 0 Å². The predicted octanol–water partition coefficient (Wildman–Crippen LogP) is 7.54. The van der Waals surface area contributed by atoms with E-state index in [0.717, 1.165) is 22.2 Å². The van der Waals surface area contributed by atoms with Crippen molar-refractivity contribution in [2.45, 2.75) is 18.9 Å². The van der Waals surface area contributed by atoms with E-state index in [9.17, 15) is 4.79 Å².